The van der Waals surface area contributed by atoms with Crippen molar-refractivity contribution in [1.82, 2.24) is 14.9 Å². The Labute approximate surface area is 194 Å². The number of nitrogens with zero attached hydrogens (tertiary/aromatic N) is 5. The monoisotopic (exact) mass is 443 g/mol. The van der Waals surface area contributed by atoms with Gasteiger partial charge in [0.05, 0.1) is 17.1 Å². The minimum atomic E-state index is -0.956. The number of piperazine rings is 1. The molecule has 4 rings (SSSR count). The van der Waals surface area contributed by atoms with Gasteiger partial charge < -0.3 is 14.9 Å². The highest BCUT2D eigenvalue weighted by molar-refractivity contribution is 5.92. The van der Waals surface area contributed by atoms with E-state index in [1.165, 1.54) is 0 Å². The molecule has 3 aromatic rings. The zero-order valence-corrected chi connectivity index (χ0v) is 19.3. The normalized spacial score (nSPS) is 15.0. The minimum Gasteiger partial charge on any atom is -0.383 e. The quantitative estimate of drug-likeness (QED) is 0.648. The highest BCUT2D eigenvalue weighted by Gasteiger charge is 2.28. The number of aryl methyl sites for hydroxylation is 1. The molecule has 1 aliphatic heterocycles. The van der Waals surface area contributed by atoms with E-state index >= 15 is 0 Å². The maximum absolute atomic E-state index is 12.6. The number of aromatic nitrogens is 2. The number of fused-ring (bicyclic) bond motifs is 1. The number of aliphatic hydroxyl groups excluding tert-OH is 1. The molecule has 7 nitrogen and oxygen atoms in total. The fourth-order valence-electron chi connectivity index (χ4n) is 4.26. The molecule has 1 atom stereocenters. The lowest BCUT2D eigenvalue weighted by Gasteiger charge is -2.37. The topological polar surface area (TPSA) is 93.4 Å². The van der Waals surface area contributed by atoms with Crippen molar-refractivity contribution >= 4 is 22.6 Å². The number of hydrogen-bond acceptors (Lipinski definition) is 6. The van der Waals surface area contributed by atoms with Crippen molar-refractivity contribution in [3.63, 3.8) is 0 Å². The maximum Gasteiger partial charge on any atom is 0.251 e. The molecule has 1 saturated heterocycles. The average molecular weight is 444 g/mol. The number of hydrogen-bond donors (Lipinski definition) is 1. The number of carbonyl (C=O) groups excluding carboxylic acids is 1. The number of carbonyl (C=O) groups is 1. The molecule has 1 fully saturated rings. The van der Waals surface area contributed by atoms with Gasteiger partial charge in [-0.05, 0) is 43.0 Å². The van der Waals surface area contributed by atoms with Gasteiger partial charge in [-0.1, -0.05) is 38.1 Å². The van der Waals surface area contributed by atoms with Gasteiger partial charge in [-0.25, -0.2) is 9.97 Å². The predicted octanol–water partition coefficient (Wildman–Crippen LogP) is 3.53. The summed E-state index contributed by atoms with van der Waals surface area (Å²) in [5.74, 6) is 1.46. The Morgan fingerprint density at radius 2 is 1.85 bits per heavy atom. The molecular weight excluding hydrogens is 414 g/mol. The van der Waals surface area contributed by atoms with Crippen molar-refractivity contribution in [2.24, 2.45) is 5.92 Å². The van der Waals surface area contributed by atoms with Crippen LogP contribution >= 0.6 is 0 Å². The van der Waals surface area contributed by atoms with Crippen LogP contribution in [0.3, 0.4) is 0 Å². The van der Waals surface area contributed by atoms with Gasteiger partial charge >= 0.3 is 0 Å². The van der Waals surface area contributed by atoms with Crippen LogP contribution in [-0.4, -0.2) is 58.2 Å². The van der Waals surface area contributed by atoms with E-state index in [-0.39, 0.29) is 11.8 Å². The number of nitriles is 1. The molecule has 1 aliphatic rings. The average Bonchev–Trinajstić information content (AvgIpc) is 2.82. The van der Waals surface area contributed by atoms with Gasteiger partial charge in [-0.15, -0.1) is 0 Å². The SMILES string of the molecule is Cc1ccccc1-c1nc(N2CCN(C(=O)[C@H](O)CC(C)C)CC2)c2cc(C#N)ccc2n1. The number of amides is 1. The Morgan fingerprint density at radius 3 is 2.52 bits per heavy atom. The molecule has 7 heteroatoms. The molecule has 1 N–H and O–H groups in total. The van der Waals surface area contributed by atoms with Crippen LogP contribution in [0.4, 0.5) is 5.82 Å². The van der Waals surface area contributed by atoms with Crippen LogP contribution in [0.5, 0.6) is 0 Å². The van der Waals surface area contributed by atoms with E-state index in [9.17, 15) is 15.2 Å². The summed E-state index contributed by atoms with van der Waals surface area (Å²) in [6, 6.07) is 15.7. The molecule has 170 valence electrons. The molecule has 0 saturated carbocycles. The molecule has 0 spiro atoms. The first-order valence-corrected chi connectivity index (χ1v) is 11.4. The number of anilines is 1. The molecule has 33 heavy (non-hydrogen) atoms. The van der Waals surface area contributed by atoms with Gasteiger partial charge in [-0.3, -0.25) is 4.79 Å². The smallest absolute Gasteiger partial charge is 0.251 e. The number of aliphatic hydroxyl groups is 1. The maximum atomic E-state index is 12.6. The molecule has 0 radical (unpaired) electrons. The first-order chi connectivity index (χ1) is 15.9. The third-order valence-electron chi connectivity index (χ3n) is 6.06. The lowest BCUT2D eigenvalue weighted by molar-refractivity contribution is -0.141. The molecular formula is C26H29N5O2. The van der Waals surface area contributed by atoms with E-state index in [1.807, 2.05) is 57.2 Å². The van der Waals surface area contributed by atoms with E-state index in [2.05, 4.69) is 11.0 Å². The molecule has 0 unspecified atom stereocenters. The Bertz CT molecular complexity index is 1210. The van der Waals surface area contributed by atoms with Crippen LogP contribution in [0, 0.1) is 24.2 Å². The lowest BCUT2D eigenvalue weighted by Crippen LogP contribution is -2.52. The summed E-state index contributed by atoms with van der Waals surface area (Å²) in [4.78, 5) is 26.2. The van der Waals surface area contributed by atoms with E-state index in [1.54, 1.807) is 11.0 Å². The van der Waals surface area contributed by atoms with Gasteiger partial charge in [0.15, 0.2) is 5.82 Å². The van der Waals surface area contributed by atoms with E-state index in [4.69, 9.17) is 9.97 Å². The Kier molecular flexibility index (Phi) is 6.57. The van der Waals surface area contributed by atoms with E-state index in [0.29, 0.717) is 44.0 Å². The van der Waals surface area contributed by atoms with E-state index < -0.39 is 6.10 Å². The first-order valence-electron chi connectivity index (χ1n) is 11.4. The predicted molar refractivity (Wildman–Crippen MR) is 129 cm³/mol. The van der Waals surface area contributed by atoms with Crippen molar-refractivity contribution < 1.29 is 9.90 Å². The molecule has 1 amide bonds. The van der Waals surface area contributed by atoms with Gasteiger partial charge in [0.1, 0.15) is 11.9 Å². The fraction of sp³-hybridized carbons (Fsp3) is 0.385. The third-order valence-corrected chi connectivity index (χ3v) is 6.06. The van der Waals surface area contributed by atoms with Crippen molar-refractivity contribution in [3.8, 4) is 17.5 Å². The second kappa shape index (κ2) is 9.55. The molecule has 0 aliphatic carbocycles. The van der Waals surface area contributed by atoms with Crippen molar-refractivity contribution in [2.75, 3.05) is 31.1 Å². The number of rotatable bonds is 5. The standard InChI is InChI=1S/C26H29N5O2/c1-17(2)14-23(32)26(33)31-12-10-30(11-13-31)25-21-15-19(16-27)8-9-22(21)28-24(29-25)20-7-5-4-6-18(20)3/h4-9,15,17,23,32H,10-14H2,1-3H3/t23-/m1/s1. The summed E-state index contributed by atoms with van der Waals surface area (Å²) in [7, 11) is 0. The van der Waals surface area contributed by atoms with Gasteiger partial charge in [0.25, 0.3) is 5.91 Å². The Hall–Kier alpha value is -3.50. The van der Waals surface area contributed by atoms with Gasteiger partial charge in [-0.2, -0.15) is 5.26 Å². The molecule has 1 aromatic heterocycles. The molecule has 2 aromatic carbocycles. The first kappa shape index (κ1) is 22.7. The zero-order chi connectivity index (χ0) is 23.5. The van der Waals surface area contributed by atoms with Crippen LogP contribution < -0.4 is 4.90 Å². The second-order valence-electron chi connectivity index (χ2n) is 8.99. The Balaban J connectivity index is 1.66. The second-order valence-corrected chi connectivity index (χ2v) is 8.99. The van der Waals surface area contributed by atoms with Crippen LogP contribution in [0.1, 0.15) is 31.4 Å². The highest BCUT2D eigenvalue weighted by atomic mass is 16.3. The van der Waals surface area contributed by atoms with Crippen LogP contribution in [-0.2, 0) is 4.79 Å². The van der Waals surface area contributed by atoms with Crippen LogP contribution in [0.15, 0.2) is 42.5 Å². The summed E-state index contributed by atoms with van der Waals surface area (Å²) in [6.45, 7) is 8.24. The van der Waals surface area contributed by atoms with Crippen LogP contribution in [0.2, 0.25) is 0 Å². The minimum absolute atomic E-state index is 0.205. The van der Waals surface area contributed by atoms with Crippen molar-refractivity contribution in [1.29, 1.82) is 5.26 Å². The van der Waals surface area contributed by atoms with Gasteiger partial charge in [0.2, 0.25) is 0 Å². The summed E-state index contributed by atoms with van der Waals surface area (Å²) in [5.41, 5.74) is 3.39. The van der Waals surface area contributed by atoms with E-state index in [0.717, 1.165) is 27.8 Å². The summed E-state index contributed by atoms with van der Waals surface area (Å²) < 4.78 is 0. The molecule has 2 heterocycles. The third kappa shape index (κ3) is 4.81. The number of benzene rings is 2. The lowest BCUT2D eigenvalue weighted by atomic mass is 10.0. The summed E-state index contributed by atoms with van der Waals surface area (Å²) in [5, 5.41) is 20.5. The fourth-order valence-corrected chi connectivity index (χ4v) is 4.26. The van der Waals surface area contributed by atoms with Crippen molar-refractivity contribution in [2.45, 2.75) is 33.3 Å². The van der Waals surface area contributed by atoms with Gasteiger partial charge in [0, 0.05) is 37.1 Å². The Morgan fingerprint density at radius 1 is 1.12 bits per heavy atom. The highest BCUT2D eigenvalue weighted by Crippen LogP contribution is 2.30. The van der Waals surface area contributed by atoms with Crippen molar-refractivity contribution in [3.05, 3.63) is 53.6 Å². The molecule has 0 bridgehead atoms. The largest absolute Gasteiger partial charge is 0.383 e. The summed E-state index contributed by atoms with van der Waals surface area (Å²) in [6.07, 6.45) is -0.492. The zero-order valence-electron chi connectivity index (χ0n) is 19.3. The summed E-state index contributed by atoms with van der Waals surface area (Å²) >= 11 is 0. The van der Waals surface area contributed by atoms with Crippen LogP contribution in [0.25, 0.3) is 22.3 Å².